The Morgan fingerprint density at radius 3 is 2.53 bits per heavy atom. The number of para-hydroxylation sites is 1. The smallest absolute Gasteiger partial charge is 0.382 e. The predicted octanol–water partition coefficient (Wildman–Crippen LogP) is 3.24. The van der Waals surface area contributed by atoms with Crippen LogP contribution in [0.1, 0.15) is 25.3 Å². The van der Waals surface area contributed by atoms with E-state index in [-0.39, 0.29) is 11.7 Å². The van der Waals surface area contributed by atoms with E-state index in [0.717, 1.165) is 18.9 Å². The Hall–Kier alpha value is -1.23. The molecule has 0 amide bonds. The van der Waals surface area contributed by atoms with E-state index in [0.29, 0.717) is 6.54 Å². The van der Waals surface area contributed by atoms with Gasteiger partial charge in [0, 0.05) is 11.7 Å². The highest BCUT2D eigenvalue weighted by Gasteiger charge is 2.33. The van der Waals surface area contributed by atoms with E-state index >= 15 is 0 Å². The average Bonchev–Trinajstić information content (AvgIpc) is 2.25. The monoisotopic (exact) mass is 246 g/mol. The molecule has 1 rings (SSSR count). The Balaban J connectivity index is 2.77. The lowest BCUT2D eigenvalue weighted by Crippen LogP contribution is -2.19. The van der Waals surface area contributed by atoms with Gasteiger partial charge in [0.25, 0.3) is 0 Å². The van der Waals surface area contributed by atoms with Crippen LogP contribution in [-0.2, 0) is 6.18 Å². The molecular weight excluding hydrogens is 229 g/mol. The summed E-state index contributed by atoms with van der Waals surface area (Å²) in [5.74, 6) is 0. The molecule has 17 heavy (non-hydrogen) atoms. The van der Waals surface area contributed by atoms with Gasteiger partial charge < -0.3 is 11.1 Å². The molecule has 0 aliphatic rings. The Bertz CT molecular complexity index is 350. The molecule has 2 nitrogen and oxygen atoms in total. The topological polar surface area (TPSA) is 38.0 Å². The molecule has 1 aromatic rings. The summed E-state index contributed by atoms with van der Waals surface area (Å²) in [4.78, 5) is 0. The number of halogens is 3. The molecule has 0 saturated carbocycles. The van der Waals surface area contributed by atoms with Gasteiger partial charge in [-0.3, -0.25) is 0 Å². The van der Waals surface area contributed by atoms with E-state index in [1.807, 2.05) is 6.92 Å². The first-order valence-electron chi connectivity index (χ1n) is 5.58. The van der Waals surface area contributed by atoms with Crippen molar-refractivity contribution < 1.29 is 13.2 Å². The molecule has 0 fully saturated rings. The van der Waals surface area contributed by atoms with Crippen molar-refractivity contribution in [3.8, 4) is 0 Å². The van der Waals surface area contributed by atoms with Crippen LogP contribution in [0.5, 0.6) is 0 Å². The third kappa shape index (κ3) is 4.26. The van der Waals surface area contributed by atoms with E-state index in [1.54, 1.807) is 6.07 Å². The molecule has 0 spiro atoms. The van der Waals surface area contributed by atoms with Crippen molar-refractivity contribution in [3.63, 3.8) is 0 Å². The molecule has 0 saturated heterocycles. The molecule has 0 aromatic heterocycles. The fraction of sp³-hybridized carbons (Fsp3) is 0.500. The van der Waals surface area contributed by atoms with Gasteiger partial charge in [-0.05, 0) is 38.4 Å². The van der Waals surface area contributed by atoms with Crippen LogP contribution in [-0.4, -0.2) is 12.6 Å². The van der Waals surface area contributed by atoms with Crippen molar-refractivity contribution in [3.05, 3.63) is 29.8 Å². The number of nitrogens with one attached hydrogen (secondary N) is 1. The third-order valence-corrected chi connectivity index (χ3v) is 2.48. The summed E-state index contributed by atoms with van der Waals surface area (Å²) < 4.78 is 38.1. The second kappa shape index (κ2) is 5.91. The Morgan fingerprint density at radius 1 is 1.29 bits per heavy atom. The summed E-state index contributed by atoms with van der Waals surface area (Å²) in [6, 6.07) is 5.48. The number of hydrogen-bond donors (Lipinski definition) is 2. The molecule has 1 unspecified atom stereocenters. The lowest BCUT2D eigenvalue weighted by Gasteiger charge is -2.19. The first-order valence-corrected chi connectivity index (χ1v) is 5.58. The normalized spacial score (nSPS) is 13.5. The van der Waals surface area contributed by atoms with Gasteiger partial charge in [-0.2, -0.15) is 13.2 Å². The van der Waals surface area contributed by atoms with Gasteiger partial charge in [0.2, 0.25) is 0 Å². The number of hydrogen-bond acceptors (Lipinski definition) is 2. The maximum atomic E-state index is 12.7. The molecule has 1 aromatic carbocycles. The van der Waals surface area contributed by atoms with Crippen molar-refractivity contribution in [2.75, 3.05) is 11.9 Å². The largest absolute Gasteiger partial charge is 0.418 e. The van der Waals surface area contributed by atoms with Crippen LogP contribution in [0, 0.1) is 0 Å². The summed E-state index contributed by atoms with van der Waals surface area (Å²) in [6.07, 6.45) is -2.78. The second-order valence-electron chi connectivity index (χ2n) is 4.02. The van der Waals surface area contributed by atoms with Crippen molar-refractivity contribution >= 4 is 5.69 Å². The summed E-state index contributed by atoms with van der Waals surface area (Å²) in [7, 11) is 0. The van der Waals surface area contributed by atoms with Crippen LogP contribution >= 0.6 is 0 Å². The van der Waals surface area contributed by atoms with Gasteiger partial charge in [0.1, 0.15) is 0 Å². The average molecular weight is 246 g/mol. The summed E-state index contributed by atoms with van der Waals surface area (Å²) >= 11 is 0. The van der Waals surface area contributed by atoms with E-state index < -0.39 is 11.7 Å². The number of anilines is 1. The molecule has 3 N–H and O–H groups in total. The van der Waals surface area contributed by atoms with Gasteiger partial charge >= 0.3 is 6.18 Å². The molecule has 0 aliphatic carbocycles. The zero-order chi connectivity index (χ0) is 12.9. The zero-order valence-electron chi connectivity index (χ0n) is 9.72. The Morgan fingerprint density at radius 2 is 1.94 bits per heavy atom. The maximum Gasteiger partial charge on any atom is 0.418 e. The Kier molecular flexibility index (Phi) is 4.81. The lowest BCUT2D eigenvalue weighted by atomic mass is 10.1. The van der Waals surface area contributed by atoms with Crippen molar-refractivity contribution in [1.82, 2.24) is 0 Å². The van der Waals surface area contributed by atoms with E-state index in [2.05, 4.69) is 5.32 Å². The maximum absolute atomic E-state index is 12.7. The van der Waals surface area contributed by atoms with Crippen LogP contribution < -0.4 is 11.1 Å². The number of nitrogens with two attached hydrogens (primary N) is 1. The quantitative estimate of drug-likeness (QED) is 0.837. The van der Waals surface area contributed by atoms with E-state index in [4.69, 9.17) is 5.73 Å². The molecule has 5 heteroatoms. The lowest BCUT2D eigenvalue weighted by molar-refractivity contribution is -0.137. The molecule has 0 heterocycles. The molecule has 0 aliphatic heterocycles. The number of rotatable bonds is 5. The molecule has 1 atom stereocenters. The SMILES string of the molecule is CC(CCCN)Nc1ccccc1C(F)(F)F. The molecule has 96 valence electrons. The van der Waals surface area contributed by atoms with Crippen molar-refractivity contribution in [2.45, 2.75) is 32.0 Å². The van der Waals surface area contributed by atoms with Crippen LogP contribution in [0.4, 0.5) is 18.9 Å². The van der Waals surface area contributed by atoms with Gasteiger partial charge in [-0.25, -0.2) is 0 Å². The fourth-order valence-electron chi connectivity index (χ4n) is 1.62. The van der Waals surface area contributed by atoms with Crippen LogP contribution in [0.2, 0.25) is 0 Å². The standard InChI is InChI=1S/C12H17F3N2/c1-9(5-4-8-16)17-11-7-3-2-6-10(11)12(13,14)15/h2-3,6-7,9,17H,4-5,8,16H2,1H3. The highest BCUT2D eigenvalue weighted by Crippen LogP contribution is 2.34. The number of alkyl halides is 3. The molecular formula is C12H17F3N2. The van der Waals surface area contributed by atoms with Gasteiger partial charge in [-0.1, -0.05) is 12.1 Å². The van der Waals surface area contributed by atoms with E-state index in [1.165, 1.54) is 12.1 Å². The summed E-state index contributed by atoms with van der Waals surface area (Å²) in [5.41, 5.74) is 4.87. The van der Waals surface area contributed by atoms with Crippen LogP contribution in [0.25, 0.3) is 0 Å². The van der Waals surface area contributed by atoms with Gasteiger partial charge in [0.05, 0.1) is 5.56 Å². The second-order valence-corrected chi connectivity index (χ2v) is 4.02. The number of benzene rings is 1. The highest BCUT2D eigenvalue weighted by atomic mass is 19.4. The minimum Gasteiger partial charge on any atom is -0.382 e. The van der Waals surface area contributed by atoms with Crippen LogP contribution in [0.3, 0.4) is 0 Å². The zero-order valence-corrected chi connectivity index (χ0v) is 9.72. The minimum absolute atomic E-state index is 0.0259. The fourth-order valence-corrected chi connectivity index (χ4v) is 1.62. The minimum atomic E-state index is -4.32. The van der Waals surface area contributed by atoms with Crippen LogP contribution in [0.15, 0.2) is 24.3 Å². The predicted molar refractivity (Wildman–Crippen MR) is 62.8 cm³/mol. The first kappa shape index (κ1) is 13.8. The first-order chi connectivity index (χ1) is 7.95. The van der Waals surface area contributed by atoms with Crippen molar-refractivity contribution in [2.24, 2.45) is 5.73 Å². The van der Waals surface area contributed by atoms with Gasteiger partial charge in [0.15, 0.2) is 0 Å². The van der Waals surface area contributed by atoms with E-state index in [9.17, 15) is 13.2 Å². The van der Waals surface area contributed by atoms with Gasteiger partial charge in [-0.15, -0.1) is 0 Å². The summed E-state index contributed by atoms with van der Waals surface area (Å²) in [6.45, 7) is 2.40. The van der Waals surface area contributed by atoms with Crippen molar-refractivity contribution in [1.29, 1.82) is 0 Å². The highest BCUT2D eigenvalue weighted by molar-refractivity contribution is 5.53. The molecule has 0 radical (unpaired) electrons. The summed E-state index contributed by atoms with van der Waals surface area (Å²) in [5, 5.41) is 2.88. The molecule has 0 bridgehead atoms. The Labute approximate surface area is 99.0 Å². The third-order valence-electron chi connectivity index (χ3n) is 2.48.